The third-order valence-electron chi connectivity index (χ3n) is 6.83. The van der Waals surface area contributed by atoms with E-state index in [0.717, 1.165) is 28.4 Å². The van der Waals surface area contributed by atoms with Gasteiger partial charge in [0.05, 0.1) is 25.1 Å². The quantitative estimate of drug-likeness (QED) is 0.497. The summed E-state index contributed by atoms with van der Waals surface area (Å²) in [6, 6.07) is 17.4. The number of aromatic nitrogens is 2. The standard InChI is InChI=1S/C28H30N6O3/c1-37-23-9-7-22(8-10-23)25-19-24(21-5-3-2-4-6-21)31-34(25)28(36)12-11-27(35)33-17-15-32(16-18-33)26-20-29-13-14-30-26/h2-10,13-14,20,25H,11-12,15-19H2,1H3/t25-/m1/s1. The Bertz CT molecular complexity index is 1240. The molecule has 0 saturated carbocycles. The van der Waals surface area contributed by atoms with Crippen molar-refractivity contribution >= 4 is 23.3 Å². The normalized spacial score (nSPS) is 17.5. The minimum absolute atomic E-state index is 0.0143. The third-order valence-corrected chi connectivity index (χ3v) is 6.83. The molecule has 0 bridgehead atoms. The van der Waals surface area contributed by atoms with Crippen molar-refractivity contribution in [1.82, 2.24) is 19.9 Å². The van der Waals surface area contributed by atoms with Gasteiger partial charge in [0.15, 0.2) is 0 Å². The average Bonchev–Trinajstić information content (AvgIpc) is 3.42. The van der Waals surface area contributed by atoms with Gasteiger partial charge in [-0.15, -0.1) is 0 Å². The van der Waals surface area contributed by atoms with Crippen LogP contribution in [0.3, 0.4) is 0 Å². The Morgan fingerprint density at radius 1 is 0.919 bits per heavy atom. The summed E-state index contributed by atoms with van der Waals surface area (Å²) < 4.78 is 5.29. The molecule has 2 aliphatic heterocycles. The molecule has 2 aromatic carbocycles. The topological polar surface area (TPSA) is 91.2 Å². The lowest BCUT2D eigenvalue weighted by Gasteiger charge is -2.35. The SMILES string of the molecule is COc1ccc([C@H]2CC(c3ccccc3)=NN2C(=O)CCC(=O)N2CCN(c3cnccn3)CC2)cc1. The summed E-state index contributed by atoms with van der Waals surface area (Å²) in [5.41, 5.74) is 2.84. The lowest BCUT2D eigenvalue weighted by Crippen LogP contribution is -2.49. The van der Waals surface area contributed by atoms with E-state index < -0.39 is 0 Å². The van der Waals surface area contributed by atoms with Crippen molar-refractivity contribution in [3.05, 3.63) is 84.3 Å². The van der Waals surface area contributed by atoms with Gasteiger partial charge in [0.2, 0.25) is 11.8 Å². The number of hydrogen-bond donors (Lipinski definition) is 0. The Kier molecular flexibility index (Phi) is 7.39. The van der Waals surface area contributed by atoms with E-state index in [-0.39, 0.29) is 30.7 Å². The molecule has 9 heteroatoms. The molecular weight excluding hydrogens is 468 g/mol. The van der Waals surface area contributed by atoms with Gasteiger partial charge >= 0.3 is 0 Å². The molecule has 2 aliphatic rings. The number of hydrogen-bond acceptors (Lipinski definition) is 7. The van der Waals surface area contributed by atoms with Gasteiger partial charge < -0.3 is 14.5 Å². The fourth-order valence-corrected chi connectivity index (χ4v) is 4.76. The Labute approximate surface area is 216 Å². The van der Waals surface area contributed by atoms with Crippen LogP contribution in [0.15, 0.2) is 78.3 Å². The van der Waals surface area contributed by atoms with Gasteiger partial charge in [-0.1, -0.05) is 42.5 Å². The number of nitrogens with zero attached hydrogens (tertiary/aromatic N) is 6. The molecule has 9 nitrogen and oxygen atoms in total. The van der Waals surface area contributed by atoms with E-state index in [2.05, 4.69) is 14.9 Å². The number of methoxy groups -OCH3 is 1. The van der Waals surface area contributed by atoms with Crippen LogP contribution >= 0.6 is 0 Å². The molecule has 1 fully saturated rings. The predicted molar refractivity (Wildman–Crippen MR) is 140 cm³/mol. The number of ether oxygens (including phenoxy) is 1. The molecule has 190 valence electrons. The number of amides is 2. The van der Waals surface area contributed by atoms with Crippen LogP contribution in [0, 0.1) is 0 Å². The zero-order valence-corrected chi connectivity index (χ0v) is 20.9. The Hall–Kier alpha value is -4.27. The number of anilines is 1. The van der Waals surface area contributed by atoms with Crippen LogP contribution < -0.4 is 9.64 Å². The van der Waals surface area contributed by atoms with E-state index in [1.54, 1.807) is 30.7 Å². The number of benzene rings is 2. The van der Waals surface area contributed by atoms with Crippen molar-refractivity contribution < 1.29 is 14.3 Å². The zero-order valence-electron chi connectivity index (χ0n) is 20.9. The van der Waals surface area contributed by atoms with Crippen LogP contribution in [0.4, 0.5) is 5.82 Å². The van der Waals surface area contributed by atoms with E-state index in [1.165, 1.54) is 0 Å². The second kappa shape index (κ2) is 11.2. The molecule has 0 unspecified atom stereocenters. The maximum atomic E-state index is 13.4. The molecule has 3 aromatic rings. The molecular formula is C28H30N6O3. The molecule has 1 aromatic heterocycles. The highest BCUT2D eigenvalue weighted by molar-refractivity contribution is 6.03. The van der Waals surface area contributed by atoms with Gasteiger partial charge in [-0.3, -0.25) is 14.6 Å². The number of rotatable bonds is 7. The van der Waals surface area contributed by atoms with Crippen molar-refractivity contribution in [1.29, 1.82) is 0 Å². The predicted octanol–water partition coefficient (Wildman–Crippen LogP) is 3.29. The van der Waals surface area contributed by atoms with Gasteiger partial charge in [-0.05, 0) is 23.3 Å². The van der Waals surface area contributed by atoms with E-state index in [1.807, 2.05) is 59.5 Å². The lowest BCUT2D eigenvalue weighted by molar-refractivity contribution is -0.138. The maximum absolute atomic E-state index is 13.4. The monoisotopic (exact) mass is 498 g/mol. The first-order chi connectivity index (χ1) is 18.1. The van der Waals surface area contributed by atoms with E-state index in [4.69, 9.17) is 9.84 Å². The van der Waals surface area contributed by atoms with Crippen LogP contribution in [0.25, 0.3) is 0 Å². The summed E-state index contributed by atoms with van der Waals surface area (Å²) in [4.78, 5) is 38.7. The molecule has 3 heterocycles. The first-order valence-corrected chi connectivity index (χ1v) is 12.5. The van der Waals surface area contributed by atoms with Gasteiger partial charge in [0, 0.05) is 57.8 Å². The number of carbonyl (C=O) groups excluding carboxylic acids is 2. The summed E-state index contributed by atoms with van der Waals surface area (Å²) in [5.74, 6) is 1.40. The molecule has 2 amide bonds. The number of piperazine rings is 1. The minimum Gasteiger partial charge on any atom is -0.497 e. The molecule has 0 N–H and O–H groups in total. The highest BCUT2D eigenvalue weighted by atomic mass is 16.5. The lowest BCUT2D eigenvalue weighted by atomic mass is 9.98. The largest absolute Gasteiger partial charge is 0.497 e. The summed E-state index contributed by atoms with van der Waals surface area (Å²) >= 11 is 0. The van der Waals surface area contributed by atoms with Gasteiger partial charge in [0.25, 0.3) is 0 Å². The van der Waals surface area contributed by atoms with Crippen molar-refractivity contribution in [3.8, 4) is 5.75 Å². The molecule has 5 rings (SSSR count). The van der Waals surface area contributed by atoms with Crippen molar-refractivity contribution in [2.24, 2.45) is 5.10 Å². The summed E-state index contributed by atoms with van der Waals surface area (Å²) in [6.45, 7) is 2.57. The Morgan fingerprint density at radius 2 is 1.65 bits per heavy atom. The summed E-state index contributed by atoms with van der Waals surface area (Å²) in [5, 5.41) is 6.28. The first kappa shape index (κ1) is 24.4. The molecule has 0 radical (unpaired) electrons. The van der Waals surface area contributed by atoms with Crippen LogP contribution in [0.2, 0.25) is 0 Å². The zero-order chi connectivity index (χ0) is 25.6. The van der Waals surface area contributed by atoms with Crippen molar-refractivity contribution in [2.45, 2.75) is 25.3 Å². The fourth-order valence-electron chi connectivity index (χ4n) is 4.76. The van der Waals surface area contributed by atoms with E-state index in [9.17, 15) is 9.59 Å². The molecule has 0 aliphatic carbocycles. The molecule has 0 spiro atoms. The van der Waals surface area contributed by atoms with E-state index in [0.29, 0.717) is 32.6 Å². The van der Waals surface area contributed by atoms with Gasteiger partial charge in [-0.2, -0.15) is 5.10 Å². The van der Waals surface area contributed by atoms with Gasteiger partial charge in [-0.25, -0.2) is 9.99 Å². The Balaban J connectivity index is 1.23. The van der Waals surface area contributed by atoms with Crippen LogP contribution in [0.1, 0.15) is 36.4 Å². The second-order valence-corrected chi connectivity index (χ2v) is 9.08. The van der Waals surface area contributed by atoms with Crippen molar-refractivity contribution in [3.63, 3.8) is 0 Å². The molecule has 37 heavy (non-hydrogen) atoms. The Morgan fingerprint density at radius 3 is 2.32 bits per heavy atom. The maximum Gasteiger partial charge on any atom is 0.243 e. The summed E-state index contributed by atoms with van der Waals surface area (Å²) in [7, 11) is 1.63. The van der Waals surface area contributed by atoms with E-state index >= 15 is 0 Å². The van der Waals surface area contributed by atoms with Crippen LogP contribution in [-0.2, 0) is 9.59 Å². The number of carbonyl (C=O) groups is 2. The molecule has 1 atom stereocenters. The highest BCUT2D eigenvalue weighted by Gasteiger charge is 2.33. The first-order valence-electron chi connectivity index (χ1n) is 12.5. The second-order valence-electron chi connectivity index (χ2n) is 9.08. The van der Waals surface area contributed by atoms with Crippen LogP contribution in [-0.4, -0.2) is 70.7 Å². The molecule has 1 saturated heterocycles. The van der Waals surface area contributed by atoms with Gasteiger partial charge in [0.1, 0.15) is 11.6 Å². The van der Waals surface area contributed by atoms with Crippen LogP contribution in [0.5, 0.6) is 5.75 Å². The smallest absolute Gasteiger partial charge is 0.243 e. The number of hydrazone groups is 1. The highest BCUT2D eigenvalue weighted by Crippen LogP contribution is 2.34. The minimum atomic E-state index is -0.223. The third kappa shape index (κ3) is 5.61. The average molecular weight is 499 g/mol. The van der Waals surface area contributed by atoms with Crippen molar-refractivity contribution in [2.75, 3.05) is 38.2 Å². The fraction of sp³-hybridized carbons (Fsp3) is 0.321. The summed E-state index contributed by atoms with van der Waals surface area (Å²) in [6.07, 6.45) is 5.93.